The third kappa shape index (κ3) is 6.10. The Labute approximate surface area is 192 Å². The van der Waals surface area contributed by atoms with Gasteiger partial charge in [-0.1, -0.05) is 64.0 Å². The number of hydrogen-bond donors (Lipinski definition) is 1. The van der Waals surface area contributed by atoms with Crippen molar-refractivity contribution in [1.82, 2.24) is 15.1 Å². The molecule has 1 heterocycles. The number of nitrogens with zero attached hydrogens (tertiary/aromatic N) is 3. The van der Waals surface area contributed by atoms with Gasteiger partial charge in [-0.05, 0) is 36.8 Å². The largest absolute Gasteiger partial charge is 0.338 e. The number of carbonyl (C=O) groups excluding carboxylic acids is 2. The molecule has 0 atom stereocenters. The number of halogens is 2. The van der Waals surface area contributed by atoms with Gasteiger partial charge in [-0.2, -0.15) is 0 Å². The van der Waals surface area contributed by atoms with E-state index in [4.69, 9.17) is 11.6 Å². The first-order chi connectivity index (χ1) is 14.5. The summed E-state index contributed by atoms with van der Waals surface area (Å²) in [6.07, 6.45) is 0.957. The maximum absolute atomic E-state index is 12.8. The number of hydrogen-bond acceptors (Lipinski definition) is 5. The van der Waals surface area contributed by atoms with Crippen molar-refractivity contribution in [3.63, 3.8) is 0 Å². The molecule has 0 radical (unpaired) electrons. The molecule has 9 heteroatoms. The zero-order valence-electron chi connectivity index (χ0n) is 16.3. The van der Waals surface area contributed by atoms with E-state index in [1.807, 2.05) is 31.2 Å². The minimum atomic E-state index is -0.216. The molecule has 3 rings (SSSR count). The Kier molecular flexibility index (Phi) is 7.95. The van der Waals surface area contributed by atoms with Crippen LogP contribution in [-0.2, 0) is 4.79 Å². The van der Waals surface area contributed by atoms with Crippen LogP contribution in [0.5, 0.6) is 0 Å². The van der Waals surface area contributed by atoms with Gasteiger partial charge in [-0.25, -0.2) is 0 Å². The highest BCUT2D eigenvalue weighted by Crippen LogP contribution is 2.28. The van der Waals surface area contributed by atoms with Gasteiger partial charge in [-0.3, -0.25) is 9.59 Å². The predicted molar refractivity (Wildman–Crippen MR) is 124 cm³/mol. The summed E-state index contributed by atoms with van der Waals surface area (Å²) in [6, 6.07) is 14.5. The third-order valence-electron chi connectivity index (χ3n) is 4.20. The molecule has 1 aromatic heterocycles. The van der Waals surface area contributed by atoms with Crippen LogP contribution in [0.15, 0.2) is 53.0 Å². The van der Waals surface area contributed by atoms with Gasteiger partial charge < -0.3 is 10.2 Å². The van der Waals surface area contributed by atoms with Gasteiger partial charge in [0.25, 0.3) is 5.91 Å². The fourth-order valence-corrected chi connectivity index (χ4v) is 4.16. The summed E-state index contributed by atoms with van der Waals surface area (Å²) in [6.45, 7) is 2.86. The maximum atomic E-state index is 12.8. The average Bonchev–Trinajstić information content (AvgIpc) is 3.19. The van der Waals surface area contributed by atoms with Crippen molar-refractivity contribution in [2.45, 2.75) is 19.8 Å². The van der Waals surface area contributed by atoms with Gasteiger partial charge in [0.05, 0.1) is 0 Å². The van der Waals surface area contributed by atoms with Crippen LogP contribution in [-0.4, -0.2) is 40.0 Å². The summed E-state index contributed by atoms with van der Waals surface area (Å²) in [7, 11) is 0. The van der Waals surface area contributed by atoms with Gasteiger partial charge in [0.15, 0.2) is 0 Å². The lowest BCUT2D eigenvalue weighted by Crippen LogP contribution is -2.34. The number of carbonyl (C=O) groups is 2. The molecule has 0 saturated carbocycles. The molecule has 30 heavy (non-hydrogen) atoms. The minimum absolute atomic E-state index is 0.139. The van der Waals surface area contributed by atoms with Crippen molar-refractivity contribution in [2.75, 3.05) is 18.4 Å². The van der Waals surface area contributed by atoms with Crippen molar-refractivity contribution in [1.29, 1.82) is 0 Å². The Morgan fingerprint density at radius 2 is 1.93 bits per heavy atom. The van der Waals surface area contributed by atoms with Crippen LogP contribution in [0.4, 0.5) is 5.13 Å². The number of amides is 2. The molecule has 0 unspecified atom stereocenters. The lowest BCUT2D eigenvalue weighted by molar-refractivity contribution is -0.116. The second-order valence-corrected chi connectivity index (χ2v) is 8.85. The lowest BCUT2D eigenvalue weighted by atomic mass is 10.2. The second-order valence-electron chi connectivity index (χ2n) is 6.52. The molecule has 0 aliphatic carbocycles. The number of anilines is 1. The van der Waals surface area contributed by atoms with Gasteiger partial charge in [0.2, 0.25) is 11.0 Å². The summed E-state index contributed by atoms with van der Waals surface area (Å²) in [5.41, 5.74) is 1.43. The molecule has 1 N–H and O–H groups in total. The van der Waals surface area contributed by atoms with E-state index in [2.05, 4.69) is 31.4 Å². The minimum Gasteiger partial charge on any atom is -0.338 e. The van der Waals surface area contributed by atoms with Gasteiger partial charge in [0.1, 0.15) is 5.01 Å². The van der Waals surface area contributed by atoms with Crippen LogP contribution in [0.3, 0.4) is 0 Å². The molecule has 2 amide bonds. The molecular formula is C21H20BrClN4O2S. The van der Waals surface area contributed by atoms with E-state index in [1.165, 1.54) is 11.3 Å². The van der Waals surface area contributed by atoms with Crippen molar-refractivity contribution < 1.29 is 9.59 Å². The Balaban J connectivity index is 1.59. The second kappa shape index (κ2) is 10.7. The van der Waals surface area contributed by atoms with Crippen molar-refractivity contribution in [2.24, 2.45) is 0 Å². The molecular weight excluding hydrogens is 488 g/mol. The quantitative estimate of drug-likeness (QED) is 0.437. The number of nitrogens with one attached hydrogen (secondary N) is 1. The summed E-state index contributed by atoms with van der Waals surface area (Å²) >= 11 is 10.7. The molecule has 0 bridgehead atoms. The first kappa shape index (κ1) is 22.4. The van der Waals surface area contributed by atoms with Crippen LogP contribution in [0, 0.1) is 0 Å². The van der Waals surface area contributed by atoms with Crippen molar-refractivity contribution in [3.8, 4) is 10.6 Å². The van der Waals surface area contributed by atoms with E-state index in [0.717, 1.165) is 21.5 Å². The monoisotopic (exact) mass is 506 g/mol. The SMILES string of the molecule is CCCN(CCC(=O)Nc1nnc(-c2cccc(Br)c2)s1)C(=O)c1cccc(Cl)c1. The summed E-state index contributed by atoms with van der Waals surface area (Å²) in [4.78, 5) is 26.8. The Morgan fingerprint density at radius 1 is 1.13 bits per heavy atom. The molecule has 156 valence electrons. The Hall–Kier alpha value is -2.29. The first-order valence-corrected chi connectivity index (χ1v) is 11.4. The van der Waals surface area contributed by atoms with Crippen molar-refractivity contribution in [3.05, 3.63) is 63.6 Å². The van der Waals surface area contributed by atoms with Crippen LogP contribution >= 0.6 is 38.9 Å². The number of rotatable bonds is 8. The number of aromatic nitrogens is 2. The average molecular weight is 508 g/mol. The van der Waals surface area contributed by atoms with E-state index >= 15 is 0 Å². The summed E-state index contributed by atoms with van der Waals surface area (Å²) in [5, 5.41) is 12.6. The predicted octanol–water partition coefficient (Wildman–Crippen LogP) is 5.50. The summed E-state index contributed by atoms with van der Waals surface area (Å²) in [5.74, 6) is -0.355. The van der Waals surface area contributed by atoms with E-state index < -0.39 is 0 Å². The highest BCUT2D eigenvalue weighted by Gasteiger charge is 2.17. The van der Waals surface area contributed by atoms with E-state index in [-0.39, 0.29) is 18.2 Å². The molecule has 3 aromatic rings. The zero-order valence-corrected chi connectivity index (χ0v) is 19.4. The third-order valence-corrected chi connectivity index (χ3v) is 5.82. The van der Waals surface area contributed by atoms with Gasteiger partial charge >= 0.3 is 0 Å². The molecule has 0 saturated heterocycles. The molecule has 2 aromatic carbocycles. The Morgan fingerprint density at radius 3 is 2.67 bits per heavy atom. The van der Waals surface area contributed by atoms with E-state index in [1.54, 1.807) is 29.2 Å². The molecule has 0 fully saturated rings. The van der Waals surface area contributed by atoms with Gasteiger partial charge in [0, 0.05) is 40.1 Å². The van der Waals surface area contributed by atoms with Crippen LogP contribution in [0.25, 0.3) is 10.6 Å². The van der Waals surface area contributed by atoms with Crippen LogP contribution in [0.1, 0.15) is 30.1 Å². The Bertz CT molecular complexity index is 1040. The topological polar surface area (TPSA) is 75.2 Å². The standard InChI is InChI=1S/C21H20BrClN4O2S/c1-2-10-27(20(29)15-6-4-8-17(23)13-15)11-9-18(28)24-21-26-25-19(30-21)14-5-3-7-16(22)12-14/h3-8,12-13H,2,9-11H2,1H3,(H,24,26,28). The van der Waals surface area contributed by atoms with Crippen LogP contribution < -0.4 is 5.32 Å². The number of benzene rings is 2. The van der Waals surface area contributed by atoms with Crippen molar-refractivity contribution >= 4 is 55.8 Å². The van der Waals surface area contributed by atoms with E-state index in [9.17, 15) is 9.59 Å². The molecule has 0 spiro atoms. The molecule has 6 nitrogen and oxygen atoms in total. The molecule has 0 aliphatic heterocycles. The van der Waals surface area contributed by atoms with Crippen LogP contribution in [0.2, 0.25) is 5.02 Å². The smallest absolute Gasteiger partial charge is 0.253 e. The van der Waals surface area contributed by atoms with Gasteiger partial charge in [-0.15, -0.1) is 10.2 Å². The maximum Gasteiger partial charge on any atom is 0.253 e. The zero-order chi connectivity index (χ0) is 21.5. The first-order valence-electron chi connectivity index (χ1n) is 9.40. The van der Waals surface area contributed by atoms with E-state index in [0.29, 0.717) is 28.8 Å². The fraction of sp³-hybridized carbons (Fsp3) is 0.238. The highest BCUT2D eigenvalue weighted by atomic mass is 79.9. The highest BCUT2D eigenvalue weighted by molar-refractivity contribution is 9.10. The summed E-state index contributed by atoms with van der Waals surface area (Å²) < 4.78 is 0.946. The normalized spacial score (nSPS) is 10.6. The molecule has 0 aliphatic rings. The lowest BCUT2D eigenvalue weighted by Gasteiger charge is -2.22. The fourth-order valence-electron chi connectivity index (χ4n) is 2.82.